The first-order valence-electron chi connectivity index (χ1n) is 10.0. The molecular weight excluding hydrogens is 400 g/mol. The highest BCUT2D eigenvalue weighted by molar-refractivity contribution is 7.20. The Morgan fingerprint density at radius 2 is 2.20 bits per heavy atom. The lowest BCUT2D eigenvalue weighted by molar-refractivity contribution is -0.125. The van der Waals surface area contributed by atoms with E-state index in [4.69, 9.17) is 9.15 Å². The minimum atomic E-state index is 0.129. The third-order valence-electron chi connectivity index (χ3n) is 5.58. The van der Waals surface area contributed by atoms with Gasteiger partial charge in [-0.3, -0.25) is 9.69 Å². The van der Waals surface area contributed by atoms with E-state index in [1.54, 1.807) is 13.2 Å². The van der Waals surface area contributed by atoms with Gasteiger partial charge in [-0.25, -0.2) is 4.98 Å². The number of ether oxygens (including phenoxy) is 1. The molecule has 154 valence electrons. The molecule has 30 heavy (non-hydrogen) atoms. The van der Waals surface area contributed by atoms with E-state index in [9.17, 15) is 4.79 Å². The number of piperidine rings is 1. The molecule has 0 bridgehead atoms. The molecular formula is C22H22N4O3S. The Hall–Kier alpha value is -2.97. The molecule has 0 aliphatic carbocycles. The summed E-state index contributed by atoms with van der Waals surface area (Å²) >= 11 is 1.47. The summed E-state index contributed by atoms with van der Waals surface area (Å²) in [5, 5.41) is 4.41. The van der Waals surface area contributed by atoms with Gasteiger partial charge in [-0.1, -0.05) is 11.3 Å². The molecule has 1 saturated heterocycles. The fraction of sp³-hybridized carbons (Fsp3) is 0.318. The van der Waals surface area contributed by atoms with Crippen LogP contribution in [0.25, 0.3) is 21.3 Å². The monoisotopic (exact) mass is 422 g/mol. The fourth-order valence-corrected chi connectivity index (χ4v) is 4.74. The standard InChI is InChI=1S/C22H22N4O3S/c1-23-21(27)14-6-9-26(10-7-14)12-15-13-28-18-11-16(4-5-17(15)18)29-22-25-20-19(30-22)3-2-8-24-20/h2-5,8,11,13-14H,6-7,9-10,12H2,1H3,(H,23,27). The topological polar surface area (TPSA) is 80.5 Å². The van der Waals surface area contributed by atoms with Gasteiger partial charge < -0.3 is 14.5 Å². The first-order chi connectivity index (χ1) is 14.7. The second kappa shape index (κ2) is 8.04. The van der Waals surface area contributed by atoms with Crippen LogP contribution in [0.4, 0.5) is 0 Å². The normalized spacial score (nSPS) is 15.6. The highest BCUT2D eigenvalue weighted by atomic mass is 32.1. The van der Waals surface area contributed by atoms with Crippen molar-refractivity contribution < 1.29 is 13.9 Å². The van der Waals surface area contributed by atoms with Crippen LogP contribution in [-0.2, 0) is 11.3 Å². The van der Waals surface area contributed by atoms with Crippen molar-refractivity contribution in [3.05, 3.63) is 48.4 Å². The lowest BCUT2D eigenvalue weighted by Crippen LogP contribution is -2.39. The van der Waals surface area contributed by atoms with Gasteiger partial charge in [0, 0.05) is 42.7 Å². The minimum absolute atomic E-state index is 0.129. The van der Waals surface area contributed by atoms with Crippen LogP contribution in [0.3, 0.4) is 0 Å². The average Bonchev–Trinajstić information content (AvgIpc) is 3.37. The van der Waals surface area contributed by atoms with Crippen LogP contribution in [-0.4, -0.2) is 40.9 Å². The number of likely N-dealkylation sites (tertiary alicyclic amines) is 1. The Morgan fingerprint density at radius 3 is 3.00 bits per heavy atom. The zero-order valence-electron chi connectivity index (χ0n) is 16.6. The molecule has 4 heterocycles. The second-order valence-corrected chi connectivity index (χ2v) is 8.48. The van der Waals surface area contributed by atoms with Crippen LogP contribution in [0.5, 0.6) is 10.9 Å². The number of hydrogen-bond acceptors (Lipinski definition) is 7. The quantitative estimate of drug-likeness (QED) is 0.520. The maximum absolute atomic E-state index is 11.8. The molecule has 1 aliphatic rings. The highest BCUT2D eigenvalue weighted by Crippen LogP contribution is 2.33. The summed E-state index contributed by atoms with van der Waals surface area (Å²) in [4.78, 5) is 22.9. The minimum Gasteiger partial charge on any atom is -0.464 e. The van der Waals surface area contributed by atoms with Gasteiger partial charge in [-0.2, -0.15) is 4.98 Å². The molecule has 4 aromatic rings. The number of hydrogen-bond donors (Lipinski definition) is 1. The Balaban J connectivity index is 1.28. The molecule has 5 rings (SSSR count). The summed E-state index contributed by atoms with van der Waals surface area (Å²) in [5.41, 5.74) is 2.64. The van der Waals surface area contributed by atoms with Gasteiger partial charge in [0.1, 0.15) is 11.3 Å². The first kappa shape index (κ1) is 19.0. The first-order valence-corrected chi connectivity index (χ1v) is 10.8. The van der Waals surface area contributed by atoms with Crippen LogP contribution in [0.2, 0.25) is 0 Å². The van der Waals surface area contributed by atoms with Crippen molar-refractivity contribution in [2.75, 3.05) is 20.1 Å². The van der Waals surface area contributed by atoms with E-state index in [0.717, 1.165) is 53.7 Å². The van der Waals surface area contributed by atoms with Gasteiger partial charge in [0.25, 0.3) is 5.19 Å². The molecule has 0 radical (unpaired) electrons. The molecule has 0 unspecified atom stereocenters. The van der Waals surface area contributed by atoms with Crippen molar-refractivity contribution in [3.8, 4) is 10.9 Å². The van der Waals surface area contributed by atoms with Crippen LogP contribution in [0, 0.1) is 5.92 Å². The number of furan rings is 1. The van der Waals surface area contributed by atoms with Gasteiger partial charge in [-0.05, 0) is 50.2 Å². The molecule has 3 aromatic heterocycles. The van der Waals surface area contributed by atoms with E-state index < -0.39 is 0 Å². The Kier molecular flexibility index (Phi) is 5.10. The maximum Gasteiger partial charge on any atom is 0.281 e. The van der Waals surface area contributed by atoms with Crippen LogP contribution < -0.4 is 10.1 Å². The summed E-state index contributed by atoms with van der Waals surface area (Å²) < 4.78 is 12.7. The Labute approximate surface area is 177 Å². The number of pyridine rings is 1. The van der Waals surface area contributed by atoms with E-state index in [-0.39, 0.29) is 11.8 Å². The number of nitrogens with one attached hydrogen (secondary N) is 1. The number of rotatable bonds is 5. The SMILES string of the molecule is CNC(=O)C1CCN(Cc2coc3cc(Oc4nc5ncccc5s4)ccc23)CC1. The molecule has 1 aliphatic heterocycles. The lowest BCUT2D eigenvalue weighted by atomic mass is 9.95. The highest BCUT2D eigenvalue weighted by Gasteiger charge is 2.24. The van der Waals surface area contributed by atoms with Crippen molar-refractivity contribution in [2.45, 2.75) is 19.4 Å². The van der Waals surface area contributed by atoms with Crippen molar-refractivity contribution in [3.63, 3.8) is 0 Å². The summed E-state index contributed by atoms with van der Waals surface area (Å²) in [6.07, 6.45) is 5.33. The van der Waals surface area contributed by atoms with Gasteiger partial charge in [0.15, 0.2) is 5.65 Å². The summed E-state index contributed by atoms with van der Waals surface area (Å²) in [6.45, 7) is 2.65. The summed E-state index contributed by atoms with van der Waals surface area (Å²) in [6, 6.07) is 9.75. The van der Waals surface area contributed by atoms with Crippen molar-refractivity contribution in [2.24, 2.45) is 5.92 Å². The van der Waals surface area contributed by atoms with E-state index >= 15 is 0 Å². The molecule has 0 saturated carbocycles. The van der Waals surface area contributed by atoms with E-state index in [2.05, 4.69) is 20.2 Å². The maximum atomic E-state index is 11.8. The molecule has 1 N–H and O–H groups in total. The predicted octanol–water partition coefficient (Wildman–Crippen LogP) is 4.19. The fourth-order valence-electron chi connectivity index (χ4n) is 3.94. The molecule has 0 atom stereocenters. The molecule has 0 spiro atoms. The summed E-state index contributed by atoms with van der Waals surface area (Å²) in [5.74, 6) is 0.971. The van der Waals surface area contributed by atoms with Gasteiger partial charge in [0.05, 0.1) is 11.0 Å². The molecule has 1 fully saturated rings. The number of thiazole rings is 1. The van der Waals surface area contributed by atoms with E-state index in [0.29, 0.717) is 16.6 Å². The third-order valence-corrected chi connectivity index (χ3v) is 6.46. The van der Waals surface area contributed by atoms with E-state index in [1.165, 1.54) is 11.3 Å². The smallest absolute Gasteiger partial charge is 0.281 e. The largest absolute Gasteiger partial charge is 0.464 e. The Bertz CT molecular complexity index is 1160. The third kappa shape index (κ3) is 3.76. The summed E-state index contributed by atoms with van der Waals surface area (Å²) in [7, 11) is 1.71. The number of aromatic nitrogens is 2. The van der Waals surface area contributed by atoms with E-state index in [1.807, 2.05) is 36.6 Å². The van der Waals surface area contributed by atoms with Crippen molar-refractivity contribution >= 4 is 38.6 Å². The number of fused-ring (bicyclic) bond motifs is 2. The Morgan fingerprint density at radius 1 is 1.33 bits per heavy atom. The average molecular weight is 423 g/mol. The predicted molar refractivity (Wildman–Crippen MR) is 116 cm³/mol. The number of carbonyl (C=O) groups excluding carboxylic acids is 1. The van der Waals surface area contributed by atoms with Crippen molar-refractivity contribution in [1.29, 1.82) is 0 Å². The number of carbonyl (C=O) groups is 1. The molecule has 8 heteroatoms. The van der Waals surface area contributed by atoms with Gasteiger partial charge in [0.2, 0.25) is 5.91 Å². The van der Waals surface area contributed by atoms with Gasteiger partial charge >= 0.3 is 0 Å². The van der Waals surface area contributed by atoms with Crippen molar-refractivity contribution in [1.82, 2.24) is 20.2 Å². The zero-order chi connectivity index (χ0) is 20.5. The van der Waals surface area contributed by atoms with Crippen LogP contribution in [0.15, 0.2) is 47.2 Å². The molecule has 1 aromatic carbocycles. The number of benzene rings is 1. The van der Waals surface area contributed by atoms with Gasteiger partial charge in [-0.15, -0.1) is 0 Å². The van der Waals surface area contributed by atoms with Crippen LogP contribution in [0.1, 0.15) is 18.4 Å². The number of nitrogens with zero attached hydrogens (tertiary/aromatic N) is 3. The van der Waals surface area contributed by atoms with Crippen LogP contribution >= 0.6 is 11.3 Å². The number of amides is 1. The zero-order valence-corrected chi connectivity index (χ0v) is 17.4. The molecule has 7 nitrogen and oxygen atoms in total. The molecule has 1 amide bonds. The lowest BCUT2D eigenvalue weighted by Gasteiger charge is -2.30. The second-order valence-electron chi connectivity index (χ2n) is 7.49.